The van der Waals surface area contributed by atoms with Gasteiger partial charge in [0.1, 0.15) is 23.1 Å². The summed E-state index contributed by atoms with van der Waals surface area (Å²) in [7, 11) is 1.72. The summed E-state index contributed by atoms with van der Waals surface area (Å²) < 4.78 is 11.0. The summed E-state index contributed by atoms with van der Waals surface area (Å²) in [6.45, 7) is 3.85. The van der Waals surface area contributed by atoms with Crippen molar-refractivity contribution in [1.82, 2.24) is 4.90 Å². The number of hydrogen-bond donors (Lipinski definition) is 0. The van der Waals surface area contributed by atoms with Gasteiger partial charge in [0.15, 0.2) is 6.61 Å². The fraction of sp³-hybridized carbons (Fsp3) is 0.368. The second kappa shape index (κ2) is 8.34. The molecule has 24 heavy (non-hydrogen) atoms. The van der Waals surface area contributed by atoms with E-state index in [1.165, 1.54) is 0 Å². The minimum atomic E-state index is -0.121. The second-order valence-corrected chi connectivity index (χ2v) is 5.90. The SMILES string of the molecule is CC(=O)CCc1ccc(OCC(=O)N(C)Cc2ccc(C)o2)cc1. The van der Waals surface area contributed by atoms with Crippen LogP contribution in [0.3, 0.4) is 0 Å². The van der Waals surface area contributed by atoms with Gasteiger partial charge in [-0.2, -0.15) is 0 Å². The number of ketones is 1. The van der Waals surface area contributed by atoms with Crippen LogP contribution in [0.25, 0.3) is 0 Å². The Kier molecular flexibility index (Phi) is 6.18. The number of carbonyl (C=O) groups is 2. The molecule has 0 N–H and O–H groups in total. The lowest BCUT2D eigenvalue weighted by atomic mass is 10.1. The van der Waals surface area contributed by atoms with Crippen LogP contribution >= 0.6 is 0 Å². The largest absolute Gasteiger partial charge is 0.484 e. The Balaban J connectivity index is 1.79. The smallest absolute Gasteiger partial charge is 0.260 e. The van der Waals surface area contributed by atoms with E-state index in [1.807, 2.05) is 43.3 Å². The quantitative estimate of drug-likeness (QED) is 0.746. The lowest BCUT2D eigenvalue weighted by Crippen LogP contribution is -2.30. The molecule has 1 heterocycles. The number of likely N-dealkylation sites (N-methyl/N-ethyl adjacent to an activating group) is 1. The molecule has 0 bridgehead atoms. The first kappa shape index (κ1) is 17.8. The Labute approximate surface area is 142 Å². The topological polar surface area (TPSA) is 59.8 Å². The zero-order chi connectivity index (χ0) is 17.5. The maximum Gasteiger partial charge on any atom is 0.260 e. The van der Waals surface area contributed by atoms with Crippen molar-refractivity contribution in [3.05, 3.63) is 53.5 Å². The number of aryl methyl sites for hydroxylation is 2. The lowest BCUT2D eigenvalue weighted by Gasteiger charge is -2.16. The van der Waals surface area contributed by atoms with E-state index >= 15 is 0 Å². The van der Waals surface area contributed by atoms with Gasteiger partial charge < -0.3 is 18.8 Å². The number of rotatable bonds is 8. The van der Waals surface area contributed by atoms with Gasteiger partial charge in [-0.05, 0) is 50.1 Å². The predicted octanol–water partition coefficient (Wildman–Crippen LogP) is 3.15. The molecule has 5 heteroatoms. The molecule has 0 saturated carbocycles. The van der Waals surface area contributed by atoms with Crippen LogP contribution < -0.4 is 4.74 Å². The average Bonchev–Trinajstić information content (AvgIpc) is 2.96. The average molecular weight is 329 g/mol. The summed E-state index contributed by atoms with van der Waals surface area (Å²) in [4.78, 5) is 24.6. The van der Waals surface area contributed by atoms with Crippen molar-refractivity contribution in [1.29, 1.82) is 0 Å². The molecule has 2 aromatic rings. The Morgan fingerprint density at radius 3 is 2.42 bits per heavy atom. The summed E-state index contributed by atoms with van der Waals surface area (Å²) in [5.74, 6) is 2.27. The van der Waals surface area contributed by atoms with Gasteiger partial charge in [-0.15, -0.1) is 0 Å². The molecule has 0 spiro atoms. The molecule has 0 aliphatic carbocycles. The maximum absolute atomic E-state index is 12.1. The third kappa shape index (κ3) is 5.57. The molecule has 0 saturated heterocycles. The van der Waals surface area contributed by atoms with Crippen LogP contribution in [0.2, 0.25) is 0 Å². The number of ether oxygens (including phenoxy) is 1. The molecule has 0 fully saturated rings. The first-order valence-electron chi connectivity index (χ1n) is 7.94. The van der Waals surface area contributed by atoms with Crippen LogP contribution in [0.1, 0.15) is 30.4 Å². The Morgan fingerprint density at radius 2 is 1.83 bits per heavy atom. The maximum atomic E-state index is 12.1. The second-order valence-electron chi connectivity index (χ2n) is 5.90. The molecule has 2 rings (SSSR count). The van der Waals surface area contributed by atoms with E-state index in [-0.39, 0.29) is 18.3 Å². The summed E-state index contributed by atoms with van der Waals surface area (Å²) >= 11 is 0. The molecule has 0 aliphatic heterocycles. The molecule has 1 amide bonds. The zero-order valence-electron chi connectivity index (χ0n) is 14.4. The highest BCUT2D eigenvalue weighted by Gasteiger charge is 2.12. The fourth-order valence-electron chi connectivity index (χ4n) is 2.22. The Bertz CT molecular complexity index is 688. The molecule has 0 atom stereocenters. The first-order valence-corrected chi connectivity index (χ1v) is 7.94. The monoisotopic (exact) mass is 329 g/mol. The van der Waals surface area contributed by atoms with Crippen LogP contribution in [-0.4, -0.2) is 30.2 Å². The van der Waals surface area contributed by atoms with Crippen molar-refractivity contribution in [3.63, 3.8) is 0 Å². The molecule has 128 valence electrons. The van der Waals surface area contributed by atoms with E-state index in [2.05, 4.69) is 0 Å². The lowest BCUT2D eigenvalue weighted by molar-refractivity contribution is -0.132. The molecule has 0 radical (unpaired) electrons. The minimum Gasteiger partial charge on any atom is -0.484 e. The van der Waals surface area contributed by atoms with Crippen LogP contribution in [0.4, 0.5) is 0 Å². The van der Waals surface area contributed by atoms with E-state index in [1.54, 1.807) is 18.9 Å². The summed E-state index contributed by atoms with van der Waals surface area (Å²) in [6, 6.07) is 11.2. The van der Waals surface area contributed by atoms with Crippen molar-refractivity contribution in [2.75, 3.05) is 13.7 Å². The van der Waals surface area contributed by atoms with Crippen LogP contribution in [0.5, 0.6) is 5.75 Å². The van der Waals surface area contributed by atoms with Gasteiger partial charge in [-0.1, -0.05) is 12.1 Å². The molecule has 5 nitrogen and oxygen atoms in total. The highest BCUT2D eigenvalue weighted by Crippen LogP contribution is 2.14. The van der Waals surface area contributed by atoms with E-state index in [0.717, 1.165) is 23.5 Å². The third-order valence-electron chi connectivity index (χ3n) is 3.67. The number of nitrogens with zero attached hydrogens (tertiary/aromatic N) is 1. The third-order valence-corrected chi connectivity index (χ3v) is 3.67. The minimum absolute atomic E-state index is 0.0248. The molecule has 1 aromatic heterocycles. The van der Waals surface area contributed by atoms with Crippen molar-refractivity contribution < 1.29 is 18.7 Å². The number of hydrogen-bond acceptors (Lipinski definition) is 4. The van der Waals surface area contributed by atoms with E-state index < -0.39 is 0 Å². The van der Waals surface area contributed by atoms with Crippen LogP contribution in [0.15, 0.2) is 40.8 Å². The number of amides is 1. The van der Waals surface area contributed by atoms with Gasteiger partial charge in [0.25, 0.3) is 5.91 Å². The van der Waals surface area contributed by atoms with Crippen molar-refractivity contribution in [3.8, 4) is 5.75 Å². The summed E-state index contributed by atoms with van der Waals surface area (Å²) in [6.07, 6.45) is 1.26. The van der Waals surface area contributed by atoms with Gasteiger partial charge in [0.2, 0.25) is 0 Å². The van der Waals surface area contributed by atoms with Gasteiger partial charge in [-0.3, -0.25) is 4.79 Å². The highest BCUT2D eigenvalue weighted by atomic mass is 16.5. The standard InChI is InChI=1S/C19H23NO4/c1-14(21)4-6-16-7-10-17(11-8-16)23-13-19(22)20(3)12-18-9-5-15(2)24-18/h5,7-11H,4,6,12-13H2,1-3H3. The van der Waals surface area contributed by atoms with Gasteiger partial charge in [-0.25, -0.2) is 0 Å². The van der Waals surface area contributed by atoms with Crippen molar-refractivity contribution in [2.24, 2.45) is 0 Å². The van der Waals surface area contributed by atoms with Gasteiger partial charge in [0.05, 0.1) is 6.54 Å². The molecule has 0 aliphatic rings. The zero-order valence-corrected chi connectivity index (χ0v) is 14.4. The Morgan fingerprint density at radius 1 is 1.12 bits per heavy atom. The number of furan rings is 1. The van der Waals surface area contributed by atoms with Crippen LogP contribution in [-0.2, 0) is 22.6 Å². The fourth-order valence-corrected chi connectivity index (χ4v) is 2.22. The molecule has 1 aromatic carbocycles. The highest BCUT2D eigenvalue weighted by molar-refractivity contribution is 5.77. The van der Waals surface area contributed by atoms with Crippen LogP contribution in [0, 0.1) is 6.92 Å². The molecular formula is C19H23NO4. The molecular weight excluding hydrogens is 306 g/mol. The molecule has 0 unspecified atom stereocenters. The van der Waals surface area contributed by atoms with Gasteiger partial charge in [0, 0.05) is 13.5 Å². The van der Waals surface area contributed by atoms with E-state index in [0.29, 0.717) is 18.7 Å². The van der Waals surface area contributed by atoms with E-state index in [4.69, 9.17) is 9.15 Å². The number of benzene rings is 1. The van der Waals surface area contributed by atoms with E-state index in [9.17, 15) is 9.59 Å². The van der Waals surface area contributed by atoms with Crippen molar-refractivity contribution >= 4 is 11.7 Å². The number of carbonyl (C=O) groups excluding carboxylic acids is 2. The summed E-state index contributed by atoms with van der Waals surface area (Å²) in [5.41, 5.74) is 1.08. The van der Waals surface area contributed by atoms with Gasteiger partial charge >= 0.3 is 0 Å². The first-order chi connectivity index (χ1) is 11.4. The van der Waals surface area contributed by atoms with Crippen molar-refractivity contribution in [2.45, 2.75) is 33.2 Å². The summed E-state index contributed by atoms with van der Waals surface area (Å²) in [5, 5.41) is 0. The Hall–Kier alpha value is -2.56. The number of Topliss-reactive ketones (excluding diaryl/α,β-unsaturated/α-hetero) is 1. The normalized spacial score (nSPS) is 10.5. The predicted molar refractivity (Wildman–Crippen MR) is 90.9 cm³/mol.